The average Bonchev–Trinajstić information content (AvgIpc) is 2.85. The first kappa shape index (κ1) is 32.3. The summed E-state index contributed by atoms with van der Waals surface area (Å²) in [7, 11) is -4.22. The number of carbonyl (C=O) groups excluding carboxylic acids is 1. The smallest absolute Gasteiger partial charge is 0.475 e. The van der Waals surface area contributed by atoms with E-state index in [4.69, 9.17) is 31.9 Å². The summed E-state index contributed by atoms with van der Waals surface area (Å²) >= 11 is 0. The standard InChI is InChI=1S/C21H25N7O5S.C2HF3O2/c1-11-9-14-5-4-6-16(17(14)25-10-11)34(31,32)27-15-8-7-12(2)28(20(15)30)18(19(22)29)13(3)33-26-21(23)24;3-2(4,5)1(6)7/h4-10,13,18,27H,1-3H3,(H2,22,29)(H4,23,24,26);(H,6,7). The van der Waals surface area contributed by atoms with E-state index in [1.54, 1.807) is 31.3 Å². The first-order chi connectivity index (χ1) is 18.9. The van der Waals surface area contributed by atoms with Crippen LogP contribution in [0.1, 0.15) is 24.2 Å². The van der Waals surface area contributed by atoms with Crippen LogP contribution in [0.2, 0.25) is 0 Å². The molecule has 0 saturated heterocycles. The number of alkyl halides is 3. The first-order valence-electron chi connectivity index (χ1n) is 11.3. The Hall–Kier alpha value is -4.87. The Morgan fingerprint density at radius 3 is 2.29 bits per heavy atom. The summed E-state index contributed by atoms with van der Waals surface area (Å²) in [5.74, 6) is -4.05. The second kappa shape index (κ2) is 12.5. The van der Waals surface area contributed by atoms with Crippen molar-refractivity contribution in [3.05, 3.63) is 64.2 Å². The Morgan fingerprint density at radius 1 is 1.15 bits per heavy atom. The van der Waals surface area contributed by atoms with Gasteiger partial charge in [0.15, 0.2) is 12.1 Å². The zero-order chi connectivity index (χ0) is 31.3. The molecule has 41 heavy (non-hydrogen) atoms. The quantitative estimate of drug-likeness (QED) is 0.140. The highest BCUT2D eigenvalue weighted by Gasteiger charge is 2.38. The molecule has 1 amide bonds. The molecule has 14 nitrogen and oxygen atoms in total. The van der Waals surface area contributed by atoms with Crippen LogP contribution in [-0.2, 0) is 24.4 Å². The van der Waals surface area contributed by atoms with Gasteiger partial charge in [-0.05, 0) is 55.8 Å². The lowest BCUT2D eigenvalue weighted by Gasteiger charge is -2.24. The van der Waals surface area contributed by atoms with Gasteiger partial charge in [0.1, 0.15) is 10.6 Å². The number of rotatable bonds is 8. The minimum Gasteiger partial charge on any atom is -0.475 e. The largest absolute Gasteiger partial charge is 0.490 e. The zero-order valence-corrected chi connectivity index (χ0v) is 22.5. The first-order valence-corrected chi connectivity index (χ1v) is 12.8. The number of guanidine groups is 1. The van der Waals surface area contributed by atoms with Gasteiger partial charge in [0, 0.05) is 17.3 Å². The Morgan fingerprint density at radius 2 is 1.76 bits per heavy atom. The maximum Gasteiger partial charge on any atom is 0.490 e. The molecule has 222 valence electrons. The van der Waals surface area contributed by atoms with Crippen molar-refractivity contribution < 1.29 is 41.1 Å². The number of amides is 1. The van der Waals surface area contributed by atoms with E-state index < -0.39 is 45.8 Å². The van der Waals surface area contributed by atoms with Gasteiger partial charge in [-0.15, -0.1) is 0 Å². The van der Waals surface area contributed by atoms with Crippen LogP contribution in [0.5, 0.6) is 0 Å². The number of pyridine rings is 2. The average molecular weight is 602 g/mol. The van der Waals surface area contributed by atoms with Crippen LogP contribution >= 0.6 is 0 Å². The summed E-state index contributed by atoms with van der Waals surface area (Å²) in [5, 5.41) is 11.2. The van der Waals surface area contributed by atoms with E-state index in [1.165, 1.54) is 25.1 Å². The van der Waals surface area contributed by atoms with Crippen LogP contribution in [0.25, 0.3) is 10.9 Å². The van der Waals surface area contributed by atoms with Crippen molar-refractivity contribution in [1.29, 1.82) is 0 Å². The molecule has 0 spiro atoms. The van der Waals surface area contributed by atoms with Gasteiger partial charge in [0.05, 0.1) is 5.52 Å². The van der Waals surface area contributed by atoms with Gasteiger partial charge >= 0.3 is 12.1 Å². The van der Waals surface area contributed by atoms with E-state index >= 15 is 0 Å². The van der Waals surface area contributed by atoms with Crippen LogP contribution in [0.15, 0.2) is 57.4 Å². The molecule has 3 rings (SSSR count). The molecular formula is C23H26F3N7O7S. The van der Waals surface area contributed by atoms with E-state index in [0.29, 0.717) is 11.1 Å². The normalized spacial score (nSPS) is 12.8. The van der Waals surface area contributed by atoms with Gasteiger partial charge in [-0.1, -0.05) is 12.1 Å². The number of oxime groups is 1. The summed E-state index contributed by atoms with van der Waals surface area (Å²) in [6, 6.07) is 7.94. The Labute approximate surface area is 230 Å². The number of nitrogens with two attached hydrogens (primary N) is 3. The summed E-state index contributed by atoms with van der Waals surface area (Å²) in [6.45, 7) is 4.84. The Kier molecular flexibility index (Phi) is 9.89. The molecule has 0 aliphatic heterocycles. The summed E-state index contributed by atoms with van der Waals surface area (Å²) in [5.41, 5.74) is 16.4. The molecule has 18 heteroatoms. The highest BCUT2D eigenvalue weighted by atomic mass is 32.2. The molecule has 2 atom stereocenters. The van der Waals surface area contributed by atoms with Crippen molar-refractivity contribution in [3.63, 3.8) is 0 Å². The Bertz CT molecular complexity index is 1650. The van der Waals surface area contributed by atoms with E-state index in [9.17, 15) is 31.2 Å². The molecule has 0 radical (unpaired) electrons. The van der Waals surface area contributed by atoms with E-state index in [2.05, 4.69) is 14.9 Å². The van der Waals surface area contributed by atoms with Crippen LogP contribution in [0.4, 0.5) is 18.9 Å². The lowest BCUT2D eigenvalue weighted by Crippen LogP contribution is -2.42. The molecule has 3 aromatic rings. The van der Waals surface area contributed by atoms with Gasteiger partial charge in [-0.3, -0.25) is 23.9 Å². The van der Waals surface area contributed by atoms with Crippen LogP contribution in [0, 0.1) is 13.8 Å². The van der Waals surface area contributed by atoms with Gasteiger partial charge in [0.25, 0.3) is 15.6 Å². The SMILES string of the molecule is Cc1cnc2c(S(=O)(=O)Nc3ccc(C)n(C(C(N)=O)C(C)ON=C(N)N)c3=O)cccc2c1.O=C(O)C(F)(F)F. The van der Waals surface area contributed by atoms with Crippen molar-refractivity contribution in [2.24, 2.45) is 22.4 Å². The van der Waals surface area contributed by atoms with Crippen molar-refractivity contribution in [2.75, 3.05) is 4.72 Å². The number of anilines is 1. The molecule has 0 bridgehead atoms. The predicted molar refractivity (Wildman–Crippen MR) is 141 cm³/mol. The number of nitrogens with one attached hydrogen (secondary N) is 1. The van der Waals surface area contributed by atoms with Crippen LogP contribution in [-0.4, -0.2) is 53.2 Å². The van der Waals surface area contributed by atoms with Crippen molar-refractivity contribution >= 4 is 44.4 Å². The van der Waals surface area contributed by atoms with E-state index in [0.717, 1.165) is 10.1 Å². The molecule has 0 aliphatic rings. The number of aliphatic carboxylic acids is 1. The third-order valence-electron chi connectivity index (χ3n) is 5.25. The molecule has 2 aromatic heterocycles. The summed E-state index contributed by atoms with van der Waals surface area (Å²) in [6.07, 6.45) is -4.58. The highest BCUT2D eigenvalue weighted by Crippen LogP contribution is 2.24. The third-order valence-corrected chi connectivity index (χ3v) is 6.64. The van der Waals surface area contributed by atoms with Crippen molar-refractivity contribution in [1.82, 2.24) is 9.55 Å². The lowest BCUT2D eigenvalue weighted by atomic mass is 10.1. The molecule has 0 fully saturated rings. The number of halogens is 3. The minimum atomic E-state index is -5.08. The third kappa shape index (κ3) is 8.07. The molecule has 1 aromatic carbocycles. The maximum atomic E-state index is 13.3. The molecule has 2 unspecified atom stereocenters. The Balaban J connectivity index is 0.000000745. The summed E-state index contributed by atoms with van der Waals surface area (Å²) in [4.78, 5) is 43.6. The maximum absolute atomic E-state index is 13.3. The number of hydrogen-bond donors (Lipinski definition) is 5. The number of primary amides is 1. The van der Waals surface area contributed by atoms with Crippen molar-refractivity contribution in [2.45, 2.75) is 44.0 Å². The second-order valence-electron chi connectivity index (χ2n) is 8.49. The lowest BCUT2D eigenvalue weighted by molar-refractivity contribution is -0.192. The van der Waals surface area contributed by atoms with E-state index in [1.807, 2.05) is 6.92 Å². The number of nitrogens with zero attached hydrogens (tertiary/aromatic N) is 3. The second-order valence-corrected chi connectivity index (χ2v) is 10.1. The minimum absolute atomic E-state index is 0.104. The highest BCUT2D eigenvalue weighted by molar-refractivity contribution is 7.93. The molecular weight excluding hydrogens is 575 g/mol. The number of aromatic nitrogens is 2. The number of hydrogen-bond acceptors (Lipinski definition) is 8. The number of benzene rings is 1. The number of fused-ring (bicyclic) bond motifs is 1. The molecule has 8 N–H and O–H groups in total. The fourth-order valence-electron chi connectivity index (χ4n) is 3.50. The van der Waals surface area contributed by atoms with Crippen LogP contribution in [0.3, 0.4) is 0 Å². The van der Waals surface area contributed by atoms with Gasteiger partial charge in [0.2, 0.25) is 11.9 Å². The predicted octanol–water partition coefficient (Wildman–Crippen LogP) is 1.07. The number of carbonyl (C=O) groups is 2. The monoisotopic (exact) mass is 601 g/mol. The number of carboxylic acids is 1. The zero-order valence-electron chi connectivity index (χ0n) is 21.7. The van der Waals surface area contributed by atoms with Gasteiger partial charge in [-0.25, -0.2) is 13.2 Å². The number of sulfonamides is 1. The van der Waals surface area contributed by atoms with Crippen molar-refractivity contribution in [3.8, 4) is 0 Å². The topological polar surface area (TPSA) is 235 Å². The fraction of sp³-hybridized carbons (Fsp3) is 0.261. The number of aryl methyl sites for hydroxylation is 2. The fourth-order valence-corrected chi connectivity index (χ4v) is 4.74. The number of carboxylic acid groups (broad SMARTS) is 1. The number of para-hydroxylation sites is 1. The summed E-state index contributed by atoms with van der Waals surface area (Å²) < 4.78 is 61.5. The van der Waals surface area contributed by atoms with Gasteiger partial charge < -0.3 is 27.1 Å². The van der Waals surface area contributed by atoms with Gasteiger partial charge in [-0.2, -0.15) is 13.2 Å². The molecule has 0 saturated carbocycles. The van der Waals surface area contributed by atoms with Crippen LogP contribution < -0.4 is 27.5 Å². The van der Waals surface area contributed by atoms with E-state index in [-0.39, 0.29) is 22.1 Å². The molecule has 2 heterocycles. The molecule has 0 aliphatic carbocycles.